The lowest BCUT2D eigenvalue weighted by Gasteiger charge is -2.15. The topological polar surface area (TPSA) is 61.4 Å². The van der Waals surface area contributed by atoms with Crippen molar-refractivity contribution in [2.24, 2.45) is 0 Å². The number of hydrogen-bond acceptors (Lipinski definition) is 2. The van der Waals surface area contributed by atoms with Crippen molar-refractivity contribution in [3.8, 4) is 0 Å². The van der Waals surface area contributed by atoms with E-state index in [1.165, 1.54) is 0 Å². The highest BCUT2D eigenvalue weighted by molar-refractivity contribution is 6.35. The van der Waals surface area contributed by atoms with Gasteiger partial charge in [0.05, 0.1) is 12.6 Å². The van der Waals surface area contributed by atoms with Gasteiger partial charge in [0.1, 0.15) is 0 Å². The number of carbonyl (C=O) groups is 1. The molecule has 0 saturated carbocycles. The SMILES string of the molecule is CCC(CO)NC(=O)NCc1ccc(Cl)cc1Cl. The molecule has 0 fully saturated rings. The molecule has 1 unspecified atom stereocenters. The van der Waals surface area contributed by atoms with Crippen LogP contribution in [0.5, 0.6) is 0 Å². The molecular weight excluding hydrogens is 275 g/mol. The summed E-state index contributed by atoms with van der Waals surface area (Å²) in [5, 5.41) is 15.3. The van der Waals surface area contributed by atoms with Crippen LogP contribution >= 0.6 is 23.2 Å². The lowest BCUT2D eigenvalue weighted by atomic mass is 10.2. The van der Waals surface area contributed by atoms with Gasteiger partial charge in [0.2, 0.25) is 0 Å². The predicted molar refractivity (Wildman–Crippen MR) is 73.0 cm³/mol. The minimum Gasteiger partial charge on any atom is -0.394 e. The zero-order chi connectivity index (χ0) is 13.5. The van der Waals surface area contributed by atoms with Crippen LogP contribution in [0.3, 0.4) is 0 Å². The van der Waals surface area contributed by atoms with E-state index in [0.29, 0.717) is 23.0 Å². The van der Waals surface area contributed by atoms with Gasteiger partial charge in [-0.15, -0.1) is 0 Å². The molecule has 0 spiro atoms. The highest BCUT2D eigenvalue weighted by Gasteiger charge is 2.09. The molecule has 1 aromatic rings. The zero-order valence-electron chi connectivity index (χ0n) is 10.0. The first-order chi connectivity index (χ1) is 8.56. The van der Waals surface area contributed by atoms with E-state index in [-0.39, 0.29) is 18.7 Å². The van der Waals surface area contributed by atoms with Gasteiger partial charge in [-0.2, -0.15) is 0 Å². The monoisotopic (exact) mass is 290 g/mol. The summed E-state index contributed by atoms with van der Waals surface area (Å²) in [6.07, 6.45) is 0.672. The van der Waals surface area contributed by atoms with Gasteiger partial charge in [-0.05, 0) is 24.1 Å². The maximum absolute atomic E-state index is 11.5. The number of hydrogen-bond donors (Lipinski definition) is 3. The van der Waals surface area contributed by atoms with Crippen LogP contribution in [0.15, 0.2) is 18.2 Å². The predicted octanol–water partition coefficient (Wildman–Crippen LogP) is 2.56. The van der Waals surface area contributed by atoms with Gasteiger partial charge in [-0.1, -0.05) is 36.2 Å². The van der Waals surface area contributed by atoms with Crippen molar-refractivity contribution in [3.63, 3.8) is 0 Å². The van der Waals surface area contributed by atoms with Gasteiger partial charge < -0.3 is 15.7 Å². The van der Waals surface area contributed by atoms with E-state index in [1.807, 2.05) is 6.92 Å². The van der Waals surface area contributed by atoms with Gasteiger partial charge in [0.15, 0.2) is 0 Å². The first kappa shape index (κ1) is 15.1. The molecule has 0 bridgehead atoms. The van der Waals surface area contributed by atoms with Crippen LogP contribution < -0.4 is 10.6 Å². The summed E-state index contributed by atoms with van der Waals surface area (Å²) in [5.74, 6) is 0. The first-order valence-electron chi connectivity index (χ1n) is 5.66. The second-order valence-corrected chi connectivity index (χ2v) is 4.69. The first-order valence-corrected chi connectivity index (χ1v) is 6.41. The number of rotatable bonds is 5. The van der Waals surface area contributed by atoms with E-state index in [1.54, 1.807) is 18.2 Å². The molecule has 1 rings (SSSR count). The lowest BCUT2D eigenvalue weighted by molar-refractivity contribution is 0.214. The lowest BCUT2D eigenvalue weighted by Crippen LogP contribution is -2.43. The third-order valence-electron chi connectivity index (χ3n) is 2.50. The van der Waals surface area contributed by atoms with Crippen LogP contribution in [0.25, 0.3) is 0 Å². The number of amides is 2. The molecule has 0 aliphatic carbocycles. The molecule has 2 amide bonds. The Morgan fingerprint density at radius 2 is 2.17 bits per heavy atom. The van der Waals surface area contributed by atoms with Crippen LogP contribution in [0.1, 0.15) is 18.9 Å². The molecular formula is C12H16Cl2N2O2. The Labute approximate surface area is 116 Å². The van der Waals surface area contributed by atoms with Crippen molar-refractivity contribution in [2.75, 3.05) is 6.61 Å². The number of aliphatic hydroxyl groups is 1. The Morgan fingerprint density at radius 3 is 2.72 bits per heavy atom. The summed E-state index contributed by atoms with van der Waals surface area (Å²) in [6.45, 7) is 2.12. The van der Waals surface area contributed by atoms with E-state index < -0.39 is 0 Å². The number of aliphatic hydroxyl groups excluding tert-OH is 1. The molecule has 0 aromatic heterocycles. The van der Waals surface area contributed by atoms with Crippen molar-refractivity contribution in [1.29, 1.82) is 0 Å². The van der Waals surface area contributed by atoms with Gasteiger partial charge in [-0.3, -0.25) is 0 Å². The smallest absolute Gasteiger partial charge is 0.315 e. The second kappa shape index (κ2) is 7.46. The summed E-state index contributed by atoms with van der Waals surface area (Å²) < 4.78 is 0. The molecule has 0 aliphatic heterocycles. The van der Waals surface area contributed by atoms with Crippen molar-refractivity contribution < 1.29 is 9.90 Å². The van der Waals surface area contributed by atoms with E-state index in [4.69, 9.17) is 28.3 Å². The van der Waals surface area contributed by atoms with Gasteiger partial charge in [0.25, 0.3) is 0 Å². The maximum Gasteiger partial charge on any atom is 0.315 e. The minimum atomic E-state index is -0.332. The molecule has 0 radical (unpaired) electrons. The third kappa shape index (κ3) is 4.72. The normalized spacial score (nSPS) is 12.0. The van der Waals surface area contributed by atoms with Gasteiger partial charge >= 0.3 is 6.03 Å². The molecule has 3 N–H and O–H groups in total. The van der Waals surface area contributed by atoms with Crippen molar-refractivity contribution in [2.45, 2.75) is 25.9 Å². The molecule has 0 heterocycles. The average Bonchev–Trinajstić information content (AvgIpc) is 2.35. The maximum atomic E-state index is 11.5. The minimum absolute atomic E-state index is 0.0778. The Kier molecular flexibility index (Phi) is 6.25. The summed E-state index contributed by atoms with van der Waals surface area (Å²) in [6, 6.07) is 4.53. The quantitative estimate of drug-likeness (QED) is 0.780. The molecule has 0 aliphatic rings. The standard InChI is InChI=1S/C12H16Cl2N2O2/c1-2-10(7-17)16-12(18)15-6-8-3-4-9(13)5-11(8)14/h3-5,10,17H,2,6-7H2,1H3,(H2,15,16,18). The van der Waals surface area contributed by atoms with Crippen LogP contribution in [-0.4, -0.2) is 23.8 Å². The number of nitrogens with one attached hydrogen (secondary N) is 2. The van der Waals surface area contributed by atoms with E-state index in [9.17, 15) is 4.79 Å². The Morgan fingerprint density at radius 1 is 1.44 bits per heavy atom. The molecule has 1 atom stereocenters. The Bertz CT molecular complexity index is 409. The van der Waals surface area contributed by atoms with Crippen LogP contribution in [0.2, 0.25) is 10.0 Å². The molecule has 0 saturated heterocycles. The van der Waals surface area contributed by atoms with E-state index in [0.717, 1.165) is 5.56 Å². The van der Waals surface area contributed by atoms with Crippen molar-refractivity contribution in [1.82, 2.24) is 10.6 Å². The molecule has 18 heavy (non-hydrogen) atoms. The Balaban J connectivity index is 2.47. The van der Waals surface area contributed by atoms with Crippen molar-refractivity contribution in [3.05, 3.63) is 33.8 Å². The fraction of sp³-hybridized carbons (Fsp3) is 0.417. The third-order valence-corrected chi connectivity index (χ3v) is 3.09. The van der Waals surface area contributed by atoms with E-state index >= 15 is 0 Å². The van der Waals surface area contributed by atoms with Gasteiger partial charge in [0, 0.05) is 16.6 Å². The summed E-state index contributed by atoms with van der Waals surface area (Å²) >= 11 is 11.8. The van der Waals surface area contributed by atoms with Gasteiger partial charge in [-0.25, -0.2) is 4.79 Å². The van der Waals surface area contributed by atoms with Crippen LogP contribution in [-0.2, 0) is 6.54 Å². The Hall–Kier alpha value is -0.970. The largest absolute Gasteiger partial charge is 0.394 e. The summed E-state index contributed by atoms with van der Waals surface area (Å²) in [7, 11) is 0. The summed E-state index contributed by atoms with van der Waals surface area (Å²) in [5.41, 5.74) is 0.785. The molecule has 1 aromatic carbocycles. The number of urea groups is 1. The molecule has 6 heteroatoms. The fourth-order valence-electron chi connectivity index (χ4n) is 1.35. The van der Waals surface area contributed by atoms with Crippen LogP contribution in [0, 0.1) is 0 Å². The van der Waals surface area contributed by atoms with Crippen LogP contribution in [0.4, 0.5) is 4.79 Å². The number of halogens is 2. The fourth-order valence-corrected chi connectivity index (χ4v) is 1.83. The van der Waals surface area contributed by atoms with E-state index in [2.05, 4.69) is 10.6 Å². The summed E-state index contributed by atoms with van der Waals surface area (Å²) in [4.78, 5) is 11.5. The highest BCUT2D eigenvalue weighted by Crippen LogP contribution is 2.20. The molecule has 100 valence electrons. The second-order valence-electron chi connectivity index (χ2n) is 3.85. The zero-order valence-corrected chi connectivity index (χ0v) is 11.6. The van der Waals surface area contributed by atoms with Crippen molar-refractivity contribution >= 4 is 29.2 Å². The average molecular weight is 291 g/mol. The number of benzene rings is 1. The number of carbonyl (C=O) groups excluding carboxylic acids is 1. The molecule has 4 nitrogen and oxygen atoms in total. The highest BCUT2D eigenvalue weighted by atomic mass is 35.5.